The Balaban J connectivity index is 1.63. The molecule has 1 heterocycles. The first-order valence-electron chi connectivity index (χ1n) is 8.07. The Hall–Kier alpha value is -1.79. The number of methoxy groups -OCH3 is 1. The Morgan fingerprint density at radius 2 is 1.91 bits per heavy atom. The van der Waals surface area contributed by atoms with Crippen LogP contribution < -0.4 is 14.8 Å². The standard InChI is InChI=1S/C17H26N2O4/c1-14(23-16-6-4-15(21-2)5-7-16)17(20)18-8-3-9-19-10-12-22-13-11-19/h4-7,14H,3,8-13H2,1-2H3,(H,18,20)/t14-/m0/s1. The van der Waals surface area contributed by atoms with Crippen molar-refractivity contribution in [1.82, 2.24) is 10.2 Å². The number of nitrogens with zero attached hydrogens (tertiary/aromatic N) is 1. The number of morpholine rings is 1. The molecule has 0 unspecified atom stereocenters. The van der Waals surface area contributed by atoms with Crippen LogP contribution in [0.15, 0.2) is 24.3 Å². The van der Waals surface area contributed by atoms with Crippen LogP contribution in [-0.4, -0.2) is 63.4 Å². The molecule has 0 radical (unpaired) electrons. The van der Waals surface area contributed by atoms with Crippen LogP contribution in [0.4, 0.5) is 0 Å². The first-order chi connectivity index (χ1) is 11.2. The van der Waals surface area contributed by atoms with Gasteiger partial charge in [0, 0.05) is 19.6 Å². The minimum atomic E-state index is -0.521. The maximum atomic E-state index is 12.0. The van der Waals surface area contributed by atoms with E-state index in [0.29, 0.717) is 12.3 Å². The summed E-state index contributed by atoms with van der Waals surface area (Å²) in [6.07, 6.45) is 0.410. The third-order valence-corrected chi connectivity index (χ3v) is 3.80. The van der Waals surface area contributed by atoms with E-state index < -0.39 is 6.10 Å². The summed E-state index contributed by atoms with van der Waals surface area (Å²) >= 11 is 0. The molecule has 0 aromatic heterocycles. The quantitative estimate of drug-likeness (QED) is 0.731. The molecule has 6 nitrogen and oxygen atoms in total. The molecule has 1 saturated heterocycles. The number of rotatable bonds is 8. The van der Waals surface area contributed by atoms with Crippen LogP contribution >= 0.6 is 0 Å². The van der Waals surface area contributed by atoms with Gasteiger partial charge in [-0.3, -0.25) is 9.69 Å². The lowest BCUT2D eigenvalue weighted by Crippen LogP contribution is -2.40. The van der Waals surface area contributed by atoms with Crippen LogP contribution in [0.3, 0.4) is 0 Å². The van der Waals surface area contributed by atoms with Crippen LogP contribution in [0.5, 0.6) is 11.5 Å². The van der Waals surface area contributed by atoms with Gasteiger partial charge in [-0.1, -0.05) is 0 Å². The average molecular weight is 322 g/mol. The number of nitrogens with one attached hydrogen (secondary N) is 1. The Labute approximate surface area is 137 Å². The third kappa shape index (κ3) is 6.08. The van der Waals surface area contributed by atoms with E-state index in [1.54, 1.807) is 26.2 Å². The predicted molar refractivity (Wildman–Crippen MR) is 88.0 cm³/mol. The van der Waals surface area contributed by atoms with Crippen molar-refractivity contribution >= 4 is 5.91 Å². The number of ether oxygens (including phenoxy) is 3. The second kappa shape index (κ2) is 9.37. The molecule has 0 bridgehead atoms. The summed E-state index contributed by atoms with van der Waals surface area (Å²) in [5.74, 6) is 1.32. The van der Waals surface area contributed by atoms with E-state index in [9.17, 15) is 4.79 Å². The molecule has 2 rings (SSSR count). The van der Waals surface area contributed by atoms with Crippen molar-refractivity contribution in [3.8, 4) is 11.5 Å². The number of hydrogen-bond donors (Lipinski definition) is 1. The summed E-state index contributed by atoms with van der Waals surface area (Å²) in [5.41, 5.74) is 0. The first-order valence-corrected chi connectivity index (χ1v) is 8.07. The SMILES string of the molecule is COc1ccc(O[C@@H](C)C(=O)NCCCN2CCOCC2)cc1. The summed E-state index contributed by atoms with van der Waals surface area (Å²) in [5, 5.41) is 2.92. The van der Waals surface area contributed by atoms with Crippen molar-refractivity contribution in [2.75, 3.05) is 46.5 Å². The molecular formula is C17H26N2O4. The van der Waals surface area contributed by atoms with Gasteiger partial charge in [-0.15, -0.1) is 0 Å². The summed E-state index contributed by atoms with van der Waals surface area (Å²) in [7, 11) is 1.61. The summed E-state index contributed by atoms with van der Waals surface area (Å²) < 4.78 is 16.0. The minimum absolute atomic E-state index is 0.0946. The monoisotopic (exact) mass is 322 g/mol. The van der Waals surface area contributed by atoms with Crippen LogP contribution in [-0.2, 0) is 9.53 Å². The molecule has 0 spiro atoms. The fourth-order valence-corrected chi connectivity index (χ4v) is 2.39. The lowest BCUT2D eigenvalue weighted by Gasteiger charge is -2.26. The normalized spacial score (nSPS) is 16.6. The van der Waals surface area contributed by atoms with E-state index in [2.05, 4.69) is 10.2 Å². The number of amides is 1. The molecule has 0 aliphatic carbocycles. The number of carbonyl (C=O) groups excluding carboxylic acids is 1. The summed E-state index contributed by atoms with van der Waals surface area (Å²) in [6.45, 7) is 6.96. The molecule has 128 valence electrons. The summed E-state index contributed by atoms with van der Waals surface area (Å²) in [4.78, 5) is 14.4. The van der Waals surface area contributed by atoms with E-state index in [0.717, 1.165) is 45.0 Å². The topological polar surface area (TPSA) is 60.0 Å². The maximum absolute atomic E-state index is 12.0. The molecule has 0 saturated carbocycles. The van der Waals surface area contributed by atoms with Crippen LogP contribution in [0.25, 0.3) is 0 Å². The van der Waals surface area contributed by atoms with E-state index in [1.165, 1.54) is 0 Å². The lowest BCUT2D eigenvalue weighted by atomic mass is 10.3. The molecule has 1 fully saturated rings. The molecule has 1 aromatic rings. The van der Waals surface area contributed by atoms with Gasteiger partial charge in [0.2, 0.25) is 0 Å². The zero-order valence-electron chi connectivity index (χ0n) is 13.9. The van der Waals surface area contributed by atoms with E-state index in [4.69, 9.17) is 14.2 Å². The second-order valence-electron chi connectivity index (χ2n) is 5.53. The minimum Gasteiger partial charge on any atom is -0.497 e. The second-order valence-corrected chi connectivity index (χ2v) is 5.53. The van der Waals surface area contributed by atoms with Crippen molar-refractivity contribution < 1.29 is 19.0 Å². The first kappa shape index (κ1) is 17.6. The van der Waals surface area contributed by atoms with Crippen LogP contribution in [0.2, 0.25) is 0 Å². The Morgan fingerprint density at radius 1 is 1.26 bits per heavy atom. The lowest BCUT2D eigenvalue weighted by molar-refractivity contribution is -0.127. The van der Waals surface area contributed by atoms with Gasteiger partial charge in [0.25, 0.3) is 5.91 Å². The molecule has 1 aliphatic heterocycles. The number of benzene rings is 1. The summed E-state index contributed by atoms with van der Waals surface area (Å²) in [6, 6.07) is 7.20. The van der Waals surface area contributed by atoms with Crippen LogP contribution in [0, 0.1) is 0 Å². The maximum Gasteiger partial charge on any atom is 0.260 e. The zero-order chi connectivity index (χ0) is 16.5. The molecule has 1 N–H and O–H groups in total. The fraction of sp³-hybridized carbons (Fsp3) is 0.588. The van der Waals surface area contributed by atoms with E-state index in [1.807, 2.05) is 12.1 Å². The fourth-order valence-electron chi connectivity index (χ4n) is 2.39. The third-order valence-electron chi connectivity index (χ3n) is 3.80. The Bertz CT molecular complexity index is 472. The van der Waals surface area contributed by atoms with Gasteiger partial charge < -0.3 is 19.5 Å². The van der Waals surface area contributed by atoms with Crippen molar-refractivity contribution in [2.24, 2.45) is 0 Å². The highest BCUT2D eigenvalue weighted by atomic mass is 16.5. The van der Waals surface area contributed by atoms with Gasteiger partial charge >= 0.3 is 0 Å². The number of carbonyl (C=O) groups is 1. The zero-order valence-corrected chi connectivity index (χ0v) is 13.9. The molecule has 1 aromatic carbocycles. The van der Waals surface area contributed by atoms with Gasteiger partial charge in [-0.25, -0.2) is 0 Å². The smallest absolute Gasteiger partial charge is 0.260 e. The molecule has 1 amide bonds. The molecular weight excluding hydrogens is 296 g/mol. The molecule has 23 heavy (non-hydrogen) atoms. The van der Waals surface area contributed by atoms with E-state index >= 15 is 0 Å². The van der Waals surface area contributed by atoms with Gasteiger partial charge in [0.05, 0.1) is 20.3 Å². The van der Waals surface area contributed by atoms with Crippen molar-refractivity contribution in [3.05, 3.63) is 24.3 Å². The molecule has 1 aliphatic rings. The van der Waals surface area contributed by atoms with Gasteiger partial charge in [-0.2, -0.15) is 0 Å². The van der Waals surface area contributed by atoms with Gasteiger partial charge in [-0.05, 0) is 44.2 Å². The van der Waals surface area contributed by atoms with E-state index in [-0.39, 0.29) is 5.91 Å². The highest BCUT2D eigenvalue weighted by Crippen LogP contribution is 2.18. The van der Waals surface area contributed by atoms with Gasteiger partial charge in [0.1, 0.15) is 11.5 Å². The highest BCUT2D eigenvalue weighted by Gasteiger charge is 2.14. The van der Waals surface area contributed by atoms with Gasteiger partial charge in [0.15, 0.2) is 6.10 Å². The van der Waals surface area contributed by atoms with Crippen molar-refractivity contribution in [3.63, 3.8) is 0 Å². The highest BCUT2D eigenvalue weighted by molar-refractivity contribution is 5.80. The predicted octanol–water partition coefficient (Wildman–Crippen LogP) is 1.30. The Morgan fingerprint density at radius 3 is 2.57 bits per heavy atom. The van der Waals surface area contributed by atoms with Crippen molar-refractivity contribution in [2.45, 2.75) is 19.4 Å². The average Bonchev–Trinajstić information content (AvgIpc) is 2.60. The Kier molecular flexibility index (Phi) is 7.16. The molecule has 1 atom stereocenters. The van der Waals surface area contributed by atoms with Crippen LogP contribution in [0.1, 0.15) is 13.3 Å². The van der Waals surface area contributed by atoms with Crippen molar-refractivity contribution in [1.29, 1.82) is 0 Å². The largest absolute Gasteiger partial charge is 0.497 e. The number of hydrogen-bond acceptors (Lipinski definition) is 5. The molecule has 6 heteroatoms.